The van der Waals surface area contributed by atoms with Crippen molar-refractivity contribution in [3.63, 3.8) is 0 Å². The van der Waals surface area contributed by atoms with Crippen molar-refractivity contribution in [3.8, 4) is 0 Å². The molecule has 1 rings (SSSR count). The van der Waals surface area contributed by atoms with E-state index in [0.717, 1.165) is 0 Å². The lowest BCUT2D eigenvalue weighted by molar-refractivity contribution is 1.10. The van der Waals surface area contributed by atoms with Crippen molar-refractivity contribution >= 4 is 11.5 Å². The van der Waals surface area contributed by atoms with E-state index in [4.69, 9.17) is 5.41 Å². The lowest BCUT2D eigenvalue weighted by Crippen LogP contribution is -2.19. The van der Waals surface area contributed by atoms with Gasteiger partial charge in [-0.15, -0.1) is 0 Å². The number of aromatic amines is 1. The summed E-state index contributed by atoms with van der Waals surface area (Å²) in [7, 11) is 1.66. The predicted octanol–water partition coefficient (Wildman–Crippen LogP) is 0.199. The van der Waals surface area contributed by atoms with Gasteiger partial charge in [0, 0.05) is 12.8 Å². The van der Waals surface area contributed by atoms with E-state index in [2.05, 4.69) is 15.3 Å². The van der Waals surface area contributed by atoms with Crippen LogP contribution < -0.4 is 10.9 Å². The maximum atomic E-state index is 11.2. The Labute approximate surface area is 69.4 Å². The summed E-state index contributed by atoms with van der Waals surface area (Å²) in [6.07, 6.45) is 1.31. The Bertz CT molecular complexity index is 355. The Kier molecular flexibility index (Phi) is 2.23. The highest BCUT2D eigenvalue weighted by Gasteiger charge is 2.07. The van der Waals surface area contributed by atoms with E-state index in [-0.39, 0.29) is 11.3 Å². The summed E-state index contributed by atoms with van der Waals surface area (Å²) in [6.45, 7) is 1.55. The molecule has 0 saturated carbocycles. The fourth-order valence-corrected chi connectivity index (χ4v) is 0.937. The predicted molar refractivity (Wildman–Crippen MR) is 46.9 cm³/mol. The van der Waals surface area contributed by atoms with E-state index < -0.39 is 0 Å². The van der Waals surface area contributed by atoms with Gasteiger partial charge in [0.2, 0.25) is 0 Å². The molecule has 0 amide bonds. The summed E-state index contributed by atoms with van der Waals surface area (Å²) in [5.41, 5.74) is 0.204. The molecule has 0 unspecified atom stereocenters. The zero-order chi connectivity index (χ0) is 9.14. The number of anilines is 1. The zero-order valence-electron chi connectivity index (χ0n) is 6.93. The largest absolute Gasteiger partial charge is 0.372 e. The van der Waals surface area contributed by atoms with Crippen LogP contribution in [0.1, 0.15) is 12.5 Å². The van der Waals surface area contributed by atoms with E-state index in [1.54, 1.807) is 14.0 Å². The Morgan fingerprint density at radius 2 is 2.42 bits per heavy atom. The minimum Gasteiger partial charge on any atom is -0.372 e. The highest BCUT2D eigenvalue weighted by Crippen LogP contribution is 2.04. The number of hydrogen-bond donors (Lipinski definition) is 3. The fraction of sp³-hybridized carbons (Fsp3) is 0.286. The monoisotopic (exact) mass is 166 g/mol. The number of nitrogens with one attached hydrogen (secondary N) is 3. The molecule has 1 heterocycles. The van der Waals surface area contributed by atoms with E-state index in [1.165, 1.54) is 6.33 Å². The van der Waals surface area contributed by atoms with Gasteiger partial charge >= 0.3 is 0 Å². The molecule has 1 aromatic rings. The molecular weight excluding hydrogens is 156 g/mol. The van der Waals surface area contributed by atoms with Crippen LogP contribution in [0.25, 0.3) is 0 Å². The van der Waals surface area contributed by atoms with Crippen LogP contribution in [0.4, 0.5) is 5.82 Å². The first kappa shape index (κ1) is 8.45. The molecule has 0 aliphatic heterocycles. The standard InChI is InChI=1S/C7H10N4O/c1-4(8)5-6(9-2)10-3-11-7(5)12/h3,8H,1-2H3,(H2,9,10,11,12). The molecule has 5 heteroatoms. The van der Waals surface area contributed by atoms with E-state index in [0.29, 0.717) is 11.4 Å². The van der Waals surface area contributed by atoms with Crippen LogP contribution in [0.3, 0.4) is 0 Å². The van der Waals surface area contributed by atoms with Crippen molar-refractivity contribution < 1.29 is 0 Å². The Balaban J connectivity index is 3.40. The third kappa shape index (κ3) is 1.34. The van der Waals surface area contributed by atoms with Gasteiger partial charge in [-0.2, -0.15) is 0 Å². The molecule has 64 valence electrons. The Hall–Kier alpha value is -1.65. The van der Waals surface area contributed by atoms with Gasteiger partial charge in [0.1, 0.15) is 11.4 Å². The molecule has 0 bridgehead atoms. The second kappa shape index (κ2) is 3.17. The summed E-state index contributed by atoms with van der Waals surface area (Å²) >= 11 is 0. The summed E-state index contributed by atoms with van der Waals surface area (Å²) in [5.74, 6) is 0.436. The number of nitrogens with zero attached hydrogens (tertiary/aromatic N) is 1. The average molecular weight is 166 g/mol. The van der Waals surface area contributed by atoms with Crippen LogP contribution >= 0.6 is 0 Å². The molecule has 5 nitrogen and oxygen atoms in total. The lowest BCUT2D eigenvalue weighted by Gasteiger charge is -2.03. The van der Waals surface area contributed by atoms with Crippen molar-refractivity contribution in [3.05, 3.63) is 22.2 Å². The first-order valence-corrected chi connectivity index (χ1v) is 3.47. The average Bonchev–Trinajstić information content (AvgIpc) is 2.03. The van der Waals surface area contributed by atoms with Crippen molar-refractivity contribution in [1.82, 2.24) is 9.97 Å². The van der Waals surface area contributed by atoms with E-state index in [1.807, 2.05) is 0 Å². The number of H-pyrrole nitrogens is 1. The highest BCUT2D eigenvalue weighted by atomic mass is 16.1. The molecule has 0 spiro atoms. The van der Waals surface area contributed by atoms with Gasteiger partial charge in [0.25, 0.3) is 5.56 Å². The van der Waals surface area contributed by atoms with Crippen molar-refractivity contribution in [2.45, 2.75) is 6.92 Å². The Morgan fingerprint density at radius 1 is 1.75 bits per heavy atom. The van der Waals surface area contributed by atoms with Gasteiger partial charge in [0.15, 0.2) is 0 Å². The fourth-order valence-electron chi connectivity index (χ4n) is 0.937. The molecule has 0 saturated heterocycles. The van der Waals surface area contributed by atoms with Crippen molar-refractivity contribution in [2.24, 2.45) is 0 Å². The maximum Gasteiger partial charge on any atom is 0.261 e. The molecular formula is C7H10N4O. The van der Waals surface area contributed by atoms with Crippen LogP contribution in [0, 0.1) is 5.41 Å². The summed E-state index contributed by atoms with van der Waals surface area (Å²) < 4.78 is 0. The summed E-state index contributed by atoms with van der Waals surface area (Å²) in [6, 6.07) is 0. The van der Waals surface area contributed by atoms with E-state index >= 15 is 0 Å². The Morgan fingerprint density at radius 3 is 2.83 bits per heavy atom. The first-order valence-electron chi connectivity index (χ1n) is 3.47. The van der Waals surface area contributed by atoms with Crippen LogP contribution in [0.15, 0.2) is 11.1 Å². The second-order valence-electron chi connectivity index (χ2n) is 2.33. The maximum absolute atomic E-state index is 11.2. The first-order chi connectivity index (χ1) is 5.66. The quantitative estimate of drug-likeness (QED) is 0.549. The zero-order valence-corrected chi connectivity index (χ0v) is 6.93. The summed E-state index contributed by atoms with van der Waals surface area (Å²) in [4.78, 5) is 17.4. The van der Waals surface area contributed by atoms with Gasteiger partial charge in [0.05, 0.1) is 6.33 Å². The molecule has 3 N–H and O–H groups in total. The lowest BCUT2D eigenvalue weighted by atomic mass is 10.2. The molecule has 0 aliphatic carbocycles. The molecule has 0 radical (unpaired) electrons. The van der Waals surface area contributed by atoms with Crippen LogP contribution in [0.2, 0.25) is 0 Å². The second-order valence-corrected chi connectivity index (χ2v) is 2.33. The van der Waals surface area contributed by atoms with Gasteiger partial charge in [-0.25, -0.2) is 4.98 Å². The van der Waals surface area contributed by atoms with Crippen LogP contribution in [-0.2, 0) is 0 Å². The van der Waals surface area contributed by atoms with E-state index in [9.17, 15) is 4.79 Å². The van der Waals surface area contributed by atoms with Gasteiger partial charge in [-0.3, -0.25) is 4.79 Å². The van der Waals surface area contributed by atoms with Gasteiger partial charge in [-0.05, 0) is 6.92 Å². The van der Waals surface area contributed by atoms with Crippen molar-refractivity contribution in [2.75, 3.05) is 12.4 Å². The molecule has 1 aromatic heterocycles. The van der Waals surface area contributed by atoms with Gasteiger partial charge in [-0.1, -0.05) is 0 Å². The van der Waals surface area contributed by atoms with Gasteiger partial charge < -0.3 is 15.7 Å². The van der Waals surface area contributed by atoms with Crippen LogP contribution in [-0.4, -0.2) is 22.7 Å². The molecule has 0 aromatic carbocycles. The summed E-state index contributed by atoms with van der Waals surface area (Å²) in [5, 5.41) is 10.1. The van der Waals surface area contributed by atoms with Crippen LogP contribution in [0.5, 0.6) is 0 Å². The SMILES string of the molecule is CNc1nc[nH]c(=O)c1C(C)=N. The smallest absolute Gasteiger partial charge is 0.261 e. The number of aromatic nitrogens is 2. The highest BCUT2D eigenvalue weighted by molar-refractivity contribution is 6.00. The number of hydrogen-bond acceptors (Lipinski definition) is 4. The molecule has 12 heavy (non-hydrogen) atoms. The minimum absolute atomic E-state index is 0.203. The molecule has 0 aliphatic rings. The topological polar surface area (TPSA) is 81.6 Å². The molecule has 0 fully saturated rings. The third-order valence-electron chi connectivity index (χ3n) is 1.46. The number of rotatable bonds is 2. The minimum atomic E-state index is -0.290. The third-order valence-corrected chi connectivity index (χ3v) is 1.46. The van der Waals surface area contributed by atoms with Crippen molar-refractivity contribution in [1.29, 1.82) is 5.41 Å². The molecule has 0 atom stereocenters. The normalized spacial score (nSPS) is 9.50.